The molecule has 3 rings (SSSR count). The van der Waals surface area contributed by atoms with Crippen molar-refractivity contribution >= 4 is 34.6 Å². The zero-order chi connectivity index (χ0) is 18.4. The Labute approximate surface area is 164 Å². The summed E-state index contributed by atoms with van der Waals surface area (Å²) in [5.74, 6) is 0.606. The highest BCUT2D eigenvalue weighted by molar-refractivity contribution is 7.80. The molecule has 7 heteroatoms. The Hall–Kier alpha value is -1.89. The van der Waals surface area contributed by atoms with E-state index in [1.807, 2.05) is 30.3 Å². The van der Waals surface area contributed by atoms with Crippen LogP contribution in [0.5, 0.6) is 5.75 Å². The molecule has 1 aromatic carbocycles. The lowest BCUT2D eigenvalue weighted by molar-refractivity contribution is 0.0903. The van der Waals surface area contributed by atoms with Crippen LogP contribution in [0.4, 0.5) is 5.69 Å². The molecule has 1 aromatic heterocycles. The van der Waals surface area contributed by atoms with E-state index in [4.69, 9.17) is 33.3 Å². The molecule has 2 heterocycles. The second kappa shape index (κ2) is 9.16. The van der Waals surface area contributed by atoms with E-state index in [0.29, 0.717) is 22.4 Å². The molecular formula is C19H22ClN3O2S. The number of thiocarbonyl (C=S) groups is 1. The first kappa shape index (κ1) is 18.9. The number of rotatable bonds is 6. The molecule has 1 saturated heterocycles. The van der Waals surface area contributed by atoms with E-state index in [-0.39, 0.29) is 6.10 Å². The molecule has 5 nitrogen and oxygen atoms in total. The van der Waals surface area contributed by atoms with Gasteiger partial charge in [-0.1, -0.05) is 17.7 Å². The smallest absolute Gasteiger partial charge is 0.173 e. The number of halogens is 1. The van der Waals surface area contributed by atoms with Crippen molar-refractivity contribution in [1.82, 2.24) is 9.88 Å². The van der Waals surface area contributed by atoms with Crippen LogP contribution in [0.2, 0.25) is 5.02 Å². The number of nitrogens with one attached hydrogen (secondary N) is 1. The minimum absolute atomic E-state index is 0.193. The van der Waals surface area contributed by atoms with Crippen LogP contribution >= 0.6 is 23.8 Å². The largest absolute Gasteiger partial charge is 0.495 e. The number of hydrogen-bond acceptors (Lipinski definition) is 4. The number of methoxy groups -OCH3 is 1. The summed E-state index contributed by atoms with van der Waals surface area (Å²) >= 11 is 11.8. The number of benzene rings is 1. The van der Waals surface area contributed by atoms with Crippen molar-refractivity contribution in [3.05, 3.63) is 53.3 Å². The van der Waals surface area contributed by atoms with Gasteiger partial charge in [0, 0.05) is 31.1 Å². The Morgan fingerprint density at radius 3 is 3.00 bits per heavy atom. The maximum atomic E-state index is 6.10. The minimum atomic E-state index is 0.193. The van der Waals surface area contributed by atoms with Gasteiger partial charge in [0.1, 0.15) is 5.75 Å². The first-order valence-electron chi connectivity index (χ1n) is 8.56. The van der Waals surface area contributed by atoms with Gasteiger partial charge in [0.2, 0.25) is 0 Å². The van der Waals surface area contributed by atoms with Gasteiger partial charge in [-0.2, -0.15) is 0 Å². The highest BCUT2D eigenvalue weighted by Gasteiger charge is 2.21. The summed E-state index contributed by atoms with van der Waals surface area (Å²) in [5, 5.41) is 4.46. The van der Waals surface area contributed by atoms with Gasteiger partial charge in [-0.25, -0.2) is 0 Å². The maximum absolute atomic E-state index is 6.10. The van der Waals surface area contributed by atoms with Gasteiger partial charge < -0.3 is 19.7 Å². The predicted molar refractivity (Wildman–Crippen MR) is 108 cm³/mol. The van der Waals surface area contributed by atoms with Crippen molar-refractivity contribution in [2.45, 2.75) is 25.5 Å². The molecule has 1 atom stereocenters. The fourth-order valence-electron chi connectivity index (χ4n) is 2.88. The molecule has 1 aliphatic rings. The van der Waals surface area contributed by atoms with Gasteiger partial charge in [-0.05, 0) is 49.3 Å². The summed E-state index contributed by atoms with van der Waals surface area (Å²) in [7, 11) is 1.59. The lowest BCUT2D eigenvalue weighted by atomic mass is 10.2. The molecule has 0 bridgehead atoms. The number of aromatic nitrogens is 1. The summed E-state index contributed by atoms with van der Waals surface area (Å²) in [6.45, 7) is 2.17. The third kappa shape index (κ3) is 5.06. The summed E-state index contributed by atoms with van der Waals surface area (Å²) in [4.78, 5) is 6.51. The van der Waals surface area contributed by atoms with E-state index in [0.717, 1.165) is 37.4 Å². The number of ether oxygens (including phenoxy) is 2. The normalized spacial score (nSPS) is 16.3. The highest BCUT2D eigenvalue weighted by atomic mass is 35.5. The number of anilines is 1. The zero-order valence-corrected chi connectivity index (χ0v) is 16.2. The first-order valence-corrected chi connectivity index (χ1v) is 9.35. The van der Waals surface area contributed by atoms with Crippen LogP contribution in [0, 0.1) is 0 Å². The second-order valence-electron chi connectivity index (χ2n) is 6.12. The summed E-state index contributed by atoms with van der Waals surface area (Å²) in [5.41, 5.74) is 1.79. The van der Waals surface area contributed by atoms with Gasteiger partial charge in [0.05, 0.1) is 30.5 Å². The monoisotopic (exact) mass is 391 g/mol. The average molecular weight is 392 g/mol. The number of nitrogens with zero attached hydrogens (tertiary/aromatic N) is 2. The maximum Gasteiger partial charge on any atom is 0.173 e. The van der Waals surface area contributed by atoms with Gasteiger partial charge in [-0.15, -0.1) is 0 Å². The molecule has 26 heavy (non-hydrogen) atoms. The van der Waals surface area contributed by atoms with E-state index in [1.165, 1.54) is 0 Å². The van der Waals surface area contributed by atoms with Crippen LogP contribution < -0.4 is 10.1 Å². The van der Waals surface area contributed by atoms with E-state index in [2.05, 4.69) is 15.2 Å². The zero-order valence-electron chi connectivity index (χ0n) is 14.7. The molecule has 1 N–H and O–H groups in total. The summed E-state index contributed by atoms with van der Waals surface area (Å²) in [6.07, 6.45) is 4.13. The van der Waals surface area contributed by atoms with Crippen molar-refractivity contribution < 1.29 is 9.47 Å². The molecule has 0 amide bonds. The molecular weight excluding hydrogens is 370 g/mol. The Morgan fingerprint density at radius 2 is 2.31 bits per heavy atom. The molecule has 0 radical (unpaired) electrons. The van der Waals surface area contributed by atoms with Gasteiger partial charge >= 0.3 is 0 Å². The third-order valence-electron chi connectivity index (χ3n) is 4.22. The standard InChI is InChI=1S/C19H22ClN3O2S/c1-24-18-11-14(7-8-17(18)20)22-19(26)23(13-16-6-4-10-25-16)12-15-5-2-3-9-21-15/h2-3,5,7-9,11,16H,4,6,10,12-13H2,1H3,(H,22,26). The topological polar surface area (TPSA) is 46.6 Å². The SMILES string of the molecule is COc1cc(NC(=S)N(Cc2ccccn2)CC2CCCO2)ccc1Cl. The first-order chi connectivity index (χ1) is 12.7. The Kier molecular flexibility index (Phi) is 6.66. The van der Waals surface area contributed by atoms with Gasteiger partial charge in [-0.3, -0.25) is 4.98 Å². The van der Waals surface area contributed by atoms with Crippen LogP contribution in [0.3, 0.4) is 0 Å². The van der Waals surface area contributed by atoms with Crippen LogP contribution in [-0.2, 0) is 11.3 Å². The molecule has 0 aliphatic carbocycles. The molecule has 1 aliphatic heterocycles. The summed E-state index contributed by atoms with van der Waals surface area (Å²) in [6, 6.07) is 11.4. The quantitative estimate of drug-likeness (QED) is 0.747. The second-order valence-corrected chi connectivity index (χ2v) is 6.91. The van der Waals surface area contributed by atoms with Crippen molar-refractivity contribution in [3.63, 3.8) is 0 Å². The number of hydrogen-bond donors (Lipinski definition) is 1. The fourth-order valence-corrected chi connectivity index (χ4v) is 3.33. The van der Waals surface area contributed by atoms with Crippen LogP contribution in [0.1, 0.15) is 18.5 Å². The summed E-state index contributed by atoms with van der Waals surface area (Å²) < 4.78 is 11.1. The van der Waals surface area contributed by atoms with E-state index in [1.54, 1.807) is 19.4 Å². The van der Waals surface area contributed by atoms with Crippen molar-refractivity contribution in [3.8, 4) is 5.75 Å². The van der Waals surface area contributed by atoms with Crippen LogP contribution in [-0.4, -0.2) is 41.4 Å². The average Bonchev–Trinajstić information content (AvgIpc) is 3.16. The molecule has 1 fully saturated rings. The molecule has 2 aromatic rings. The van der Waals surface area contributed by atoms with Crippen LogP contribution in [0.25, 0.3) is 0 Å². The molecule has 138 valence electrons. The van der Waals surface area contributed by atoms with Crippen molar-refractivity contribution in [2.75, 3.05) is 25.6 Å². The number of pyridine rings is 1. The van der Waals surface area contributed by atoms with Gasteiger partial charge in [0.15, 0.2) is 5.11 Å². The van der Waals surface area contributed by atoms with E-state index >= 15 is 0 Å². The van der Waals surface area contributed by atoms with E-state index < -0.39 is 0 Å². The lowest BCUT2D eigenvalue weighted by Gasteiger charge is -2.28. The predicted octanol–water partition coefficient (Wildman–Crippen LogP) is 4.12. The third-order valence-corrected chi connectivity index (χ3v) is 4.89. The fraction of sp³-hybridized carbons (Fsp3) is 0.368. The molecule has 0 saturated carbocycles. The lowest BCUT2D eigenvalue weighted by Crippen LogP contribution is -2.39. The Morgan fingerprint density at radius 1 is 1.42 bits per heavy atom. The van der Waals surface area contributed by atoms with E-state index in [9.17, 15) is 0 Å². The molecule has 0 spiro atoms. The Balaban J connectivity index is 1.72. The molecule has 1 unspecified atom stereocenters. The highest BCUT2D eigenvalue weighted by Crippen LogP contribution is 2.27. The minimum Gasteiger partial charge on any atom is -0.495 e. The van der Waals surface area contributed by atoms with Crippen molar-refractivity contribution in [2.24, 2.45) is 0 Å². The van der Waals surface area contributed by atoms with Gasteiger partial charge in [0.25, 0.3) is 0 Å². The van der Waals surface area contributed by atoms with Crippen molar-refractivity contribution in [1.29, 1.82) is 0 Å². The van der Waals surface area contributed by atoms with Crippen LogP contribution in [0.15, 0.2) is 42.6 Å². The Bertz CT molecular complexity index is 739.